The molecule has 0 aliphatic carbocycles. The zero-order chi connectivity index (χ0) is 12.4. The van der Waals surface area contributed by atoms with E-state index in [9.17, 15) is 5.11 Å². The van der Waals surface area contributed by atoms with Crippen molar-refractivity contribution in [3.63, 3.8) is 0 Å². The number of aromatic nitrogens is 1. The predicted octanol–water partition coefficient (Wildman–Crippen LogP) is 0.392. The van der Waals surface area contributed by atoms with Crippen molar-refractivity contribution in [1.82, 2.24) is 10.3 Å². The van der Waals surface area contributed by atoms with Crippen LogP contribution in [-0.2, 0) is 0 Å². The molecule has 1 fully saturated rings. The van der Waals surface area contributed by atoms with Crippen LogP contribution in [0.4, 0.5) is 5.82 Å². The highest BCUT2D eigenvalue weighted by Crippen LogP contribution is 2.26. The summed E-state index contributed by atoms with van der Waals surface area (Å²) >= 11 is 0. The molecule has 1 atom stereocenters. The average Bonchev–Trinajstić information content (AvgIpc) is 3.09. The Hall–Kier alpha value is -1.62. The van der Waals surface area contributed by atoms with Crippen LogP contribution >= 0.6 is 0 Å². The molecule has 0 bridgehead atoms. The van der Waals surface area contributed by atoms with Gasteiger partial charge < -0.3 is 15.3 Å². The number of nitrogens with zero attached hydrogens (tertiary/aromatic N) is 3. The first-order valence-corrected chi connectivity index (χ1v) is 6.51. The van der Waals surface area contributed by atoms with Gasteiger partial charge in [0.2, 0.25) is 0 Å². The van der Waals surface area contributed by atoms with E-state index in [1.807, 2.05) is 12.1 Å². The molecule has 0 spiro atoms. The number of anilines is 1. The second kappa shape index (κ2) is 4.94. The van der Waals surface area contributed by atoms with E-state index in [4.69, 9.17) is 0 Å². The summed E-state index contributed by atoms with van der Waals surface area (Å²) in [7, 11) is 0. The smallest absolute Gasteiger partial charge is 0.139 e. The summed E-state index contributed by atoms with van der Waals surface area (Å²) in [6, 6.07) is 4.18. The number of aliphatic imine (C=N–C) groups is 1. The summed E-state index contributed by atoms with van der Waals surface area (Å²) in [6.07, 6.45) is 3.95. The zero-order valence-electron chi connectivity index (χ0n) is 10.3. The minimum Gasteiger partial charge on any atom is -0.394 e. The molecule has 2 aliphatic rings. The van der Waals surface area contributed by atoms with Crippen LogP contribution in [-0.4, -0.2) is 48.2 Å². The van der Waals surface area contributed by atoms with Gasteiger partial charge in [-0.2, -0.15) is 0 Å². The second-order valence-electron chi connectivity index (χ2n) is 4.70. The number of pyridine rings is 1. The minimum atomic E-state index is 0.190. The fraction of sp³-hybridized carbons (Fsp3) is 0.538. The molecule has 1 saturated heterocycles. The van der Waals surface area contributed by atoms with Crippen LogP contribution in [0.25, 0.3) is 0 Å². The van der Waals surface area contributed by atoms with E-state index in [-0.39, 0.29) is 12.6 Å². The Bertz CT molecular complexity index is 460. The minimum absolute atomic E-state index is 0.190. The third kappa shape index (κ3) is 1.95. The highest BCUT2D eigenvalue weighted by molar-refractivity contribution is 6.03. The standard InChI is InChI=1S/C13H18N4O/c18-9-10-3-2-8-17(10)13-11(4-1-5-16-13)12-14-6-7-15-12/h1,4-5,10,18H,2-3,6-9H2,(H,14,15). The first-order chi connectivity index (χ1) is 8.90. The van der Waals surface area contributed by atoms with E-state index in [0.29, 0.717) is 0 Å². The Morgan fingerprint density at radius 2 is 2.44 bits per heavy atom. The summed E-state index contributed by atoms with van der Waals surface area (Å²) in [5, 5.41) is 12.7. The number of amidine groups is 1. The fourth-order valence-electron chi connectivity index (χ4n) is 2.69. The fourth-order valence-corrected chi connectivity index (χ4v) is 2.69. The van der Waals surface area contributed by atoms with E-state index in [0.717, 1.165) is 49.7 Å². The maximum absolute atomic E-state index is 9.44. The molecular weight excluding hydrogens is 228 g/mol. The number of hydrogen-bond donors (Lipinski definition) is 2. The number of hydrogen-bond acceptors (Lipinski definition) is 5. The topological polar surface area (TPSA) is 60.8 Å². The highest BCUT2D eigenvalue weighted by atomic mass is 16.3. The van der Waals surface area contributed by atoms with Gasteiger partial charge >= 0.3 is 0 Å². The lowest BCUT2D eigenvalue weighted by atomic mass is 10.2. The van der Waals surface area contributed by atoms with Crippen molar-refractivity contribution >= 4 is 11.7 Å². The molecule has 0 aromatic carbocycles. The predicted molar refractivity (Wildman–Crippen MR) is 71.1 cm³/mol. The molecule has 2 N–H and O–H groups in total. The number of rotatable bonds is 3. The van der Waals surface area contributed by atoms with Crippen molar-refractivity contribution in [2.75, 3.05) is 31.1 Å². The maximum atomic E-state index is 9.44. The van der Waals surface area contributed by atoms with Gasteiger partial charge in [0.15, 0.2) is 0 Å². The van der Waals surface area contributed by atoms with Gasteiger partial charge in [0.25, 0.3) is 0 Å². The van der Waals surface area contributed by atoms with Crippen LogP contribution in [0.3, 0.4) is 0 Å². The third-order valence-electron chi connectivity index (χ3n) is 3.58. The monoisotopic (exact) mass is 246 g/mol. The van der Waals surface area contributed by atoms with Crippen molar-refractivity contribution in [2.45, 2.75) is 18.9 Å². The highest BCUT2D eigenvalue weighted by Gasteiger charge is 2.28. The molecule has 3 rings (SSSR count). The van der Waals surface area contributed by atoms with Gasteiger partial charge in [-0.05, 0) is 25.0 Å². The maximum Gasteiger partial charge on any atom is 0.139 e. The number of nitrogens with one attached hydrogen (secondary N) is 1. The molecule has 2 aliphatic heterocycles. The van der Waals surface area contributed by atoms with Gasteiger partial charge in [-0.1, -0.05) is 0 Å². The van der Waals surface area contributed by atoms with Gasteiger partial charge in [-0.3, -0.25) is 4.99 Å². The van der Waals surface area contributed by atoms with E-state index in [2.05, 4.69) is 20.2 Å². The largest absolute Gasteiger partial charge is 0.394 e. The Kier molecular flexibility index (Phi) is 3.15. The summed E-state index contributed by atoms with van der Waals surface area (Å²) in [5.41, 5.74) is 1.05. The lowest BCUT2D eigenvalue weighted by Gasteiger charge is -2.26. The average molecular weight is 246 g/mol. The molecule has 5 nitrogen and oxygen atoms in total. The number of aliphatic hydroxyl groups excluding tert-OH is 1. The van der Waals surface area contributed by atoms with Crippen LogP contribution < -0.4 is 10.2 Å². The van der Waals surface area contributed by atoms with Crippen molar-refractivity contribution < 1.29 is 5.11 Å². The van der Waals surface area contributed by atoms with Gasteiger partial charge in [0.1, 0.15) is 11.7 Å². The molecular formula is C13H18N4O. The van der Waals surface area contributed by atoms with Gasteiger partial charge in [-0.25, -0.2) is 4.98 Å². The molecule has 1 aromatic heterocycles. The van der Waals surface area contributed by atoms with Crippen molar-refractivity contribution in [1.29, 1.82) is 0 Å². The third-order valence-corrected chi connectivity index (χ3v) is 3.58. The molecule has 18 heavy (non-hydrogen) atoms. The van der Waals surface area contributed by atoms with Crippen LogP contribution in [0.1, 0.15) is 18.4 Å². The van der Waals surface area contributed by atoms with Gasteiger partial charge in [0, 0.05) is 19.3 Å². The Morgan fingerprint density at radius 1 is 1.50 bits per heavy atom. The summed E-state index contributed by atoms with van der Waals surface area (Å²) in [5.74, 6) is 1.88. The van der Waals surface area contributed by atoms with Crippen molar-refractivity contribution in [3.8, 4) is 0 Å². The van der Waals surface area contributed by atoms with E-state index in [1.165, 1.54) is 0 Å². The quantitative estimate of drug-likeness (QED) is 0.810. The van der Waals surface area contributed by atoms with Crippen molar-refractivity contribution in [2.24, 2.45) is 4.99 Å². The first kappa shape index (κ1) is 11.5. The normalized spacial score (nSPS) is 23.1. The molecule has 0 amide bonds. The van der Waals surface area contributed by atoms with E-state index < -0.39 is 0 Å². The second-order valence-corrected chi connectivity index (χ2v) is 4.70. The zero-order valence-corrected chi connectivity index (χ0v) is 10.3. The van der Waals surface area contributed by atoms with Crippen molar-refractivity contribution in [3.05, 3.63) is 23.9 Å². The Labute approximate surface area is 107 Å². The van der Waals surface area contributed by atoms with Crippen LogP contribution in [0, 0.1) is 0 Å². The van der Waals surface area contributed by atoms with Crippen LogP contribution in [0.5, 0.6) is 0 Å². The Balaban J connectivity index is 1.96. The summed E-state index contributed by atoms with van der Waals surface area (Å²) < 4.78 is 0. The van der Waals surface area contributed by atoms with Crippen LogP contribution in [0.15, 0.2) is 23.3 Å². The lowest BCUT2D eigenvalue weighted by Crippen LogP contribution is -2.35. The lowest BCUT2D eigenvalue weighted by molar-refractivity contribution is 0.266. The summed E-state index contributed by atoms with van der Waals surface area (Å²) in [4.78, 5) is 11.2. The first-order valence-electron chi connectivity index (χ1n) is 6.51. The molecule has 1 unspecified atom stereocenters. The van der Waals surface area contributed by atoms with E-state index in [1.54, 1.807) is 6.20 Å². The molecule has 0 radical (unpaired) electrons. The van der Waals surface area contributed by atoms with Gasteiger partial charge in [-0.15, -0.1) is 0 Å². The SMILES string of the molecule is OCC1CCCN1c1ncccc1C1=NCCN1. The molecule has 3 heterocycles. The molecule has 96 valence electrons. The molecule has 1 aromatic rings. The number of aliphatic hydroxyl groups is 1. The summed E-state index contributed by atoms with van der Waals surface area (Å²) in [6.45, 7) is 2.87. The van der Waals surface area contributed by atoms with Crippen LogP contribution in [0.2, 0.25) is 0 Å². The molecule has 5 heteroatoms. The molecule has 0 saturated carbocycles. The Morgan fingerprint density at radius 3 is 3.22 bits per heavy atom. The van der Waals surface area contributed by atoms with E-state index >= 15 is 0 Å². The van der Waals surface area contributed by atoms with Gasteiger partial charge in [0.05, 0.1) is 24.8 Å².